The molecule has 3 heteroatoms. The maximum Gasteiger partial charge on any atom is 0.138 e. The number of carbonyl (C=O) groups is 1. The second-order valence-electron chi connectivity index (χ2n) is 4.03. The predicted octanol–water partition coefficient (Wildman–Crippen LogP) is 1.59. The summed E-state index contributed by atoms with van der Waals surface area (Å²) in [5, 5.41) is 8.37. The van der Waals surface area contributed by atoms with Crippen LogP contribution >= 0.6 is 0 Å². The van der Waals surface area contributed by atoms with Crippen molar-refractivity contribution in [3.63, 3.8) is 0 Å². The van der Waals surface area contributed by atoms with E-state index in [0.29, 0.717) is 18.6 Å². The minimum Gasteiger partial charge on any atom is -0.302 e. The van der Waals surface area contributed by atoms with Crippen LogP contribution in [0.25, 0.3) is 0 Å². The van der Waals surface area contributed by atoms with Gasteiger partial charge in [0.25, 0.3) is 0 Å². The normalized spacial score (nSPS) is 23.4. The standard InChI is InChI=1S/C11H18N2O/c1-10-9-13(8-5-11(10)14)7-4-2-3-6-12/h10H,2-5,7-9H2,1H3. The highest BCUT2D eigenvalue weighted by Gasteiger charge is 2.22. The zero-order valence-electron chi connectivity index (χ0n) is 8.83. The van der Waals surface area contributed by atoms with E-state index in [2.05, 4.69) is 11.0 Å². The van der Waals surface area contributed by atoms with Gasteiger partial charge in [0.15, 0.2) is 0 Å². The highest BCUT2D eigenvalue weighted by atomic mass is 16.1. The Kier molecular flexibility index (Phi) is 4.61. The molecule has 14 heavy (non-hydrogen) atoms. The second-order valence-corrected chi connectivity index (χ2v) is 4.03. The molecule has 78 valence electrons. The number of ketones is 1. The third-order valence-corrected chi connectivity index (χ3v) is 2.77. The SMILES string of the molecule is CC1CN(CCCCC#N)CCC1=O. The van der Waals surface area contributed by atoms with E-state index < -0.39 is 0 Å². The zero-order chi connectivity index (χ0) is 10.4. The minimum absolute atomic E-state index is 0.208. The van der Waals surface area contributed by atoms with Gasteiger partial charge in [0.05, 0.1) is 6.07 Å². The number of rotatable bonds is 4. The van der Waals surface area contributed by atoms with Crippen molar-refractivity contribution in [1.29, 1.82) is 5.26 Å². The van der Waals surface area contributed by atoms with Crippen LogP contribution in [-0.2, 0) is 4.79 Å². The van der Waals surface area contributed by atoms with E-state index in [-0.39, 0.29) is 5.92 Å². The molecule has 1 aliphatic heterocycles. The summed E-state index contributed by atoms with van der Waals surface area (Å²) in [6.45, 7) is 4.87. The van der Waals surface area contributed by atoms with Gasteiger partial charge in [-0.15, -0.1) is 0 Å². The monoisotopic (exact) mass is 194 g/mol. The molecule has 1 rings (SSSR count). The molecule has 1 aliphatic rings. The number of carbonyl (C=O) groups excluding carboxylic acids is 1. The first-order valence-electron chi connectivity index (χ1n) is 5.36. The number of unbranched alkanes of at least 4 members (excludes halogenated alkanes) is 2. The van der Waals surface area contributed by atoms with Crippen LogP contribution < -0.4 is 0 Å². The summed E-state index contributed by atoms with van der Waals surface area (Å²) < 4.78 is 0. The fraction of sp³-hybridized carbons (Fsp3) is 0.818. The quantitative estimate of drug-likeness (QED) is 0.638. The van der Waals surface area contributed by atoms with Crippen molar-refractivity contribution in [2.45, 2.75) is 32.6 Å². The van der Waals surface area contributed by atoms with E-state index in [1.54, 1.807) is 0 Å². The molecule has 0 saturated carbocycles. The second kappa shape index (κ2) is 5.77. The van der Waals surface area contributed by atoms with Gasteiger partial charge in [0, 0.05) is 31.8 Å². The number of hydrogen-bond acceptors (Lipinski definition) is 3. The highest BCUT2D eigenvalue weighted by molar-refractivity contribution is 5.81. The Morgan fingerprint density at radius 3 is 3.00 bits per heavy atom. The average Bonchev–Trinajstić information content (AvgIpc) is 2.18. The molecule has 0 aliphatic carbocycles. The molecular weight excluding hydrogens is 176 g/mol. The molecule has 0 spiro atoms. The molecule has 0 aromatic heterocycles. The number of hydrogen-bond donors (Lipinski definition) is 0. The molecule has 0 amide bonds. The Morgan fingerprint density at radius 1 is 1.57 bits per heavy atom. The first-order valence-corrected chi connectivity index (χ1v) is 5.36. The maximum atomic E-state index is 11.2. The van der Waals surface area contributed by atoms with Crippen LogP contribution in [0.2, 0.25) is 0 Å². The van der Waals surface area contributed by atoms with Crippen molar-refractivity contribution >= 4 is 5.78 Å². The van der Waals surface area contributed by atoms with Crippen molar-refractivity contribution in [2.24, 2.45) is 5.92 Å². The van der Waals surface area contributed by atoms with Gasteiger partial charge in [-0.25, -0.2) is 0 Å². The van der Waals surface area contributed by atoms with Gasteiger partial charge >= 0.3 is 0 Å². The van der Waals surface area contributed by atoms with E-state index in [1.807, 2.05) is 6.92 Å². The lowest BCUT2D eigenvalue weighted by Gasteiger charge is -2.29. The maximum absolute atomic E-state index is 11.2. The summed E-state index contributed by atoms with van der Waals surface area (Å²) >= 11 is 0. The number of nitriles is 1. The lowest BCUT2D eigenvalue weighted by molar-refractivity contribution is -0.125. The third-order valence-electron chi connectivity index (χ3n) is 2.77. The third kappa shape index (κ3) is 3.47. The lowest BCUT2D eigenvalue weighted by Crippen LogP contribution is -2.39. The minimum atomic E-state index is 0.208. The molecule has 1 heterocycles. The number of Topliss-reactive ketones (excluding diaryl/α,β-unsaturated/α-hetero) is 1. The Balaban J connectivity index is 2.14. The first kappa shape index (κ1) is 11.2. The van der Waals surface area contributed by atoms with Crippen molar-refractivity contribution in [3.8, 4) is 6.07 Å². The lowest BCUT2D eigenvalue weighted by atomic mass is 9.98. The smallest absolute Gasteiger partial charge is 0.138 e. The Labute approximate surface area is 85.7 Å². The number of nitrogens with zero attached hydrogens (tertiary/aromatic N) is 2. The highest BCUT2D eigenvalue weighted by Crippen LogP contribution is 2.12. The van der Waals surface area contributed by atoms with Crippen LogP contribution in [0.1, 0.15) is 32.6 Å². The van der Waals surface area contributed by atoms with Crippen LogP contribution in [0.3, 0.4) is 0 Å². The molecule has 0 N–H and O–H groups in total. The zero-order valence-corrected chi connectivity index (χ0v) is 8.83. The molecule has 1 atom stereocenters. The fourth-order valence-electron chi connectivity index (χ4n) is 1.84. The van der Waals surface area contributed by atoms with E-state index in [1.165, 1.54) is 0 Å². The molecule has 0 bridgehead atoms. The van der Waals surface area contributed by atoms with Gasteiger partial charge in [0.1, 0.15) is 5.78 Å². The summed E-state index contributed by atoms with van der Waals surface area (Å²) in [4.78, 5) is 13.6. The molecular formula is C11H18N2O. The summed E-state index contributed by atoms with van der Waals surface area (Å²) in [5.41, 5.74) is 0. The Bertz CT molecular complexity index is 232. The van der Waals surface area contributed by atoms with E-state index >= 15 is 0 Å². The molecule has 1 saturated heterocycles. The van der Waals surface area contributed by atoms with Gasteiger partial charge in [0.2, 0.25) is 0 Å². The topological polar surface area (TPSA) is 44.1 Å². The Hall–Kier alpha value is -0.880. The largest absolute Gasteiger partial charge is 0.302 e. The van der Waals surface area contributed by atoms with Crippen LogP contribution in [0.15, 0.2) is 0 Å². The molecule has 1 fully saturated rings. The van der Waals surface area contributed by atoms with Crippen LogP contribution in [-0.4, -0.2) is 30.3 Å². The summed E-state index contributed by atoms with van der Waals surface area (Å²) in [6, 6.07) is 2.15. The molecule has 1 unspecified atom stereocenters. The van der Waals surface area contributed by atoms with Gasteiger partial charge < -0.3 is 4.90 Å². The van der Waals surface area contributed by atoms with E-state index in [9.17, 15) is 4.79 Å². The van der Waals surface area contributed by atoms with Crippen LogP contribution in [0.5, 0.6) is 0 Å². The predicted molar refractivity (Wildman–Crippen MR) is 54.7 cm³/mol. The van der Waals surface area contributed by atoms with Crippen molar-refractivity contribution in [1.82, 2.24) is 4.90 Å². The molecule has 0 radical (unpaired) electrons. The van der Waals surface area contributed by atoms with Gasteiger partial charge in [-0.2, -0.15) is 5.26 Å². The van der Waals surface area contributed by atoms with Gasteiger partial charge in [-0.05, 0) is 19.4 Å². The summed E-state index contributed by atoms with van der Waals surface area (Å²) in [5.74, 6) is 0.609. The number of piperidine rings is 1. The van der Waals surface area contributed by atoms with Crippen LogP contribution in [0.4, 0.5) is 0 Å². The van der Waals surface area contributed by atoms with Crippen molar-refractivity contribution < 1.29 is 4.79 Å². The average molecular weight is 194 g/mol. The Morgan fingerprint density at radius 2 is 2.36 bits per heavy atom. The van der Waals surface area contributed by atoms with Crippen molar-refractivity contribution in [3.05, 3.63) is 0 Å². The first-order chi connectivity index (χ1) is 6.74. The van der Waals surface area contributed by atoms with Crippen LogP contribution in [0, 0.1) is 17.2 Å². The van der Waals surface area contributed by atoms with E-state index in [0.717, 1.165) is 32.5 Å². The molecule has 0 aromatic rings. The summed E-state index contributed by atoms with van der Waals surface area (Å²) in [6.07, 6.45) is 3.42. The van der Waals surface area contributed by atoms with Gasteiger partial charge in [-0.3, -0.25) is 4.79 Å². The van der Waals surface area contributed by atoms with E-state index in [4.69, 9.17) is 5.26 Å². The van der Waals surface area contributed by atoms with Crippen molar-refractivity contribution in [2.75, 3.05) is 19.6 Å². The number of likely N-dealkylation sites (tertiary alicyclic amines) is 1. The van der Waals surface area contributed by atoms with Gasteiger partial charge in [-0.1, -0.05) is 6.92 Å². The molecule has 3 nitrogen and oxygen atoms in total. The summed E-state index contributed by atoms with van der Waals surface area (Å²) in [7, 11) is 0. The fourth-order valence-corrected chi connectivity index (χ4v) is 1.84. The molecule has 0 aromatic carbocycles.